The van der Waals surface area contributed by atoms with Gasteiger partial charge in [-0.15, -0.1) is 0 Å². The van der Waals surface area contributed by atoms with Crippen LogP contribution in [0.4, 0.5) is 0 Å². The van der Waals surface area contributed by atoms with E-state index in [4.69, 9.17) is 15.2 Å². The molecule has 21 heavy (non-hydrogen) atoms. The molecule has 1 fully saturated rings. The number of ether oxygens (including phenoxy) is 2. The van der Waals surface area contributed by atoms with Gasteiger partial charge in [0.15, 0.2) is 11.5 Å². The topological polar surface area (TPSA) is 44.5 Å². The summed E-state index contributed by atoms with van der Waals surface area (Å²) in [4.78, 5) is 0. The largest absolute Gasteiger partial charge is 0.493 e. The van der Waals surface area contributed by atoms with Crippen molar-refractivity contribution in [1.82, 2.24) is 0 Å². The minimum absolute atomic E-state index is 0.242. The van der Waals surface area contributed by atoms with Gasteiger partial charge in [0.2, 0.25) is 0 Å². The van der Waals surface area contributed by atoms with E-state index >= 15 is 0 Å². The predicted octanol–water partition coefficient (Wildman–Crippen LogP) is 3.93. The van der Waals surface area contributed by atoms with Crippen LogP contribution in [0, 0.1) is 5.92 Å². The molecule has 1 unspecified atom stereocenters. The molecule has 0 heterocycles. The lowest BCUT2D eigenvalue weighted by Crippen LogP contribution is -2.26. The van der Waals surface area contributed by atoms with Gasteiger partial charge in [-0.1, -0.05) is 44.6 Å². The molecule has 0 amide bonds. The van der Waals surface area contributed by atoms with Gasteiger partial charge in [-0.05, 0) is 36.5 Å². The van der Waals surface area contributed by atoms with Crippen LogP contribution in [0.2, 0.25) is 0 Å². The zero-order valence-corrected chi connectivity index (χ0v) is 13.4. The van der Waals surface area contributed by atoms with E-state index in [1.165, 1.54) is 44.1 Å². The molecule has 0 aliphatic heterocycles. The van der Waals surface area contributed by atoms with Gasteiger partial charge in [0.25, 0.3) is 0 Å². The Kier molecular flexibility index (Phi) is 6.37. The molecule has 2 N–H and O–H groups in total. The number of rotatable bonds is 6. The summed E-state index contributed by atoms with van der Waals surface area (Å²) in [6.07, 6.45) is 10.4. The van der Waals surface area contributed by atoms with E-state index in [9.17, 15) is 0 Å². The van der Waals surface area contributed by atoms with Gasteiger partial charge in [-0.25, -0.2) is 0 Å². The van der Waals surface area contributed by atoms with Crippen LogP contribution in [0.3, 0.4) is 0 Å². The van der Waals surface area contributed by atoms with Crippen molar-refractivity contribution in [2.24, 2.45) is 11.7 Å². The average molecular weight is 291 g/mol. The normalized spacial score (nSPS) is 18.0. The lowest BCUT2D eigenvalue weighted by molar-refractivity contribution is 0.354. The van der Waals surface area contributed by atoms with E-state index in [0.29, 0.717) is 0 Å². The minimum Gasteiger partial charge on any atom is -0.493 e. The Morgan fingerprint density at radius 1 is 1.05 bits per heavy atom. The van der Waals surface area contributed by atoms with Crippen LogP contribution < -0.4 is 15.2 Å². The maximum atomic E-state index is 6.38. The Labute approximate surface area is 128 Å². The van der Waals surface area contributed by atoms with Gasteiger partial charge < -0.3 is 15.2 Å². The van der Waals surface area contributed by atoms with Crippen molar-refractivity contribution < 1.29 is 9.47 Å². The summed E-state index contributed by atoms with van der Waals surface area (Å²) in [5.74, 6) is 2.39. The molecule has 0 spiro atoms. The first-order valence-corrected chi connectivity index (χ1v) is 8.19. The second-order valence-electron chi connectivity index (χ2n) is 6.25. The fraction of sp³-hybridized carbons (Fsp3) is 0.667. The molecule has 1 aliphatic rings. The standard InChI is InChI=1S/C18H29NO2/c1-20-17-10-9-15(13-18(17)21-2)12-16(19)11-14-7-5-3-4-6-8-14/h9-10,13-14,16H,3-8,11-12,19H2,1-2H3. The molecule has 2 rings (SSSR count). The second-order valence-corrected chi connectivity index (χ2v) is 6.25. The highest BCUT2D eigenvalue weighted by molar-refractivity contribution is 5.43. The smallest absolute Gasteiger partial charge is 0.160 e. The lowest BCUT2D eigenvalue weighted by Gasteiger charge is -2.20. The van der Waals surface area contributed by atoms with Gasteiger partial charge >= 0.3 is 0 Å². The van der Waals surface area contributed by atoms with Crippen LogP contribution in [-0.4, -0.2) is 20.3 Å². The first kappa shape index (κ1) is 16.2. The van der Waals surface area contributed by atoms with Crippen molar-refractivity contribution in [3.8, 4) is 11.5 Å². The van der Waals surface area contributed by atoms with E-state index in [-0.39, 0.29) is 6.04 Å². The van der Waals surface area contributed by atoms with Crippen molar-refractivity contribution in [2.45, 2.75) is 57.4 Å². The molecule has 118 valence electrons. The number of hydrogen-bond donors (Lipinski definition) is 1. The van der Waals surface area contributed by atoms with Crippen LogP contribution in [-0.2, 0) is 6.42 Å². The molecular formula is C18H29NO2. The Morgan fingerprint density at radius 2 is 1.71 bits per heavy atom. The summed E-state index contributed by atoms with van der Waals surface area (Å²) < 4.78 is 10.6. The fourth-order valence-corrected chi connectivity index (χ4v) is 3.42. The summed E-state index contributed by atoms with van der Waals surface area (Å²) in [7, 11) is 3.34. The molecule has 3 heteroatoms. The maximum Gasteiger partial charge on any atom is 0.160 e. The first-order valence-electron chi connectivity index (χ1n) is 8.19. The van der Waals surface area contributed by atoms with Gasteiger partial charge in [-0.3, -0.25) is 0 Å². The third-order valence-corrected chi connectivity index (χ3v) is 4.56. The van der Waals surface area contributed by atoms with Crippen molar-refractivity contribution in [1.29, 1.82) is 0 Å². The van der Waals surface area contributed by atoms with Crippen molar-refractivity contribution in [3.63, 3.8) is 0 Å². The Balaban J connectivity index is 1.90. The highest BCUT2D eigenvalue weighted by atomic mass is 16.5. The molecule has 0 saturated heterocycles. The first-order chi connectivity index (χ1) is 10.2. The molecule has 0 radical (unpaired) electrons. The highest BCUT2D eigenvalue weighted by Crippen LogP contribution is 2.29. The number of methoxy groups -OCH3 is 2. The van der Waals surface area contributed by atoms with Crippen molar-refractivity contribution >= 4 is 0 Å². The molecule has 1 aromatic carbocycles. The van der Waals surface area contributed by atoms with Gasteiger partial charge in [0.05, 0.1) is 14.2 Å². The zero-order valence-electron chi connectivity index (χ0n) is 13.4. The van der Waals surface area contributed by atoms with Crippen molar-refractivity contribution in [3.05, 3.63) is 23.8 Å². The maximum absolute atomic E-state index is 6.38. The van der Waals surface area contributed by atoms with Crippen molar-refractivity contribution in [2.75, 3.05) is 14.2 Å². The van der Waals surface area contributed by atoms with E-state index in [1.807, 2.05) is 12.1 Å². The molecule has 3 nitrogen and oxygen atoms in total. The quantitative estimate of drug-likeness (QED) is 0.808. The van der Waals surface area contributed by atoms with Crippen LogP contribution in [0.1, 0.15) is 50.5 Å². The molecule has 1 saturated carbocycles. The van der Waals surface area contributed by atoms with E-state index < -0.39 is 0 Å². The van der Waals surface area contributed by atoms with Crippen LogP contribution >= 0.6 is 0 Å². The molecule has 1 atom stereocenters. The highest BCUT2D eigenvalue weighted by Gasteiger charge is 2.16. The van der Waals surface area contributed by atoms with E-state index in [1.54, 1.807) is 14.2 Å². The lowest BCUT2D eigenvalue weighted by atomic mass is 9.90. The third kappa shape index (κ3) is 4.92. The van der Waals surface area contributed by atoms with E-state index in [2.05, 4.69) is 6.07 Å². The Morgan fingerprint density at radius 3 is 2.33 bits per heavy atom. The number of hydrogen-bond acceptors (Lipinski definition) is 3. The molecule has 0 bridgehead atoms. The molecule has 1 aromatic rings. The third-order valence-electron chi connectivity index (χ3n) is 4.56. The Bertz CT molecular complexity index is 425. The summed E-state index contributed by atoms with van der Waals surface area (Å²) in [5.41, 5.74) is 7.61. The second kappa shape index (κ2) is 8.28. The number of nitrogens with two attached hydrogens (primary N) is 1. The van der Waals surface area contributed by atoms with E-state index in [0.717, 1.165) is 30.3 Å². The summed E-state index contributed by atoms with van der Waals surface area (Å²) in [5, 5.41) is 0. The van der Waals surface area contributed by atoms with Gasteiger partial charge in [-0.2, -0.15) is 0 Å². The molecular weight excluding hydrogens is 262 g/mol. The monoisotopic (exact) mass is 291 g/mol. The zero-order chi connectivity index (χ0) is 15.1. The molecule has 1 aliphatic carbocycles. The minimum atomic E-state index is 0.242. The predicted molar refractivity (Wildman–Crippen MR) is 87.0 cm³/mol. The van der Waals surface area contributed by atoms with Crippen LogP contribution in [0.25, 0.3) is 0 Å². The average Bonchev–Trinajstić information content (AvgIpc) is 2.75. The Hall–Kier alpha value is -1.22. The van der Waals surface area contributed by atoms with Crippen LogP contribution in [0.15, 0.2) is 18.2 Å². The molecule has 0 aromatic heterocycles. The number of benzene rings is 1. The van der Waals surface area contributed by atoms with Gasteiger partial charge in [0.1, 0.15) is 0 Å². The SMILES string of the molecule is COc1ccc(CC(N)CC2CCCCCC2)cc1OC. The summed E-state index contributed by atoms with van der Waals surface area (Å²) in [6.45, 7) is 0. The van der Waals surface area contributed by atoms with Gasteiger partial charge in [0, 0.05) is 6.04 Å². The summed E-state index contributed by atoms with van der Waals surface area (Å²) >= 11 is 0. The van der Waals surface area contributed by atoms with Crippen LogP contribution in [0.5, 0.6) is 11.5 Å². The summed E-state index contributed by atoms with van der Waals surface area (Å²) in [6, 6.07) is 6.35. The fourth-order valence-electron chi connectivity index (χ4n) is 3.42.